The number of aryl methyl sites for hydroxylation is 1. The number of nitrogens with zero attached hydrogens (tertiary/aromatic N) is 1. The van der Waals surface area contributed by atoms with E-state index in [1.807, 2.05) is 0 Å². The summed E-state index contributed by atoms with van der Waals surface area (Å²) in [6.07, 6.45) is 1.82. The van der Waals surface area contributed by atoms with E-state index in [1.54, 1.807) is 23.5 Å². The van der Waals surface area contributed by atoms with Crippen LogP contribution in [0.4, 0.5) is 4.39 Å². The number of carbonyl (C=O) groups excluding carboxylic acids is 1. The van der Waals surface area contributed by atoms with Crippen LogP contribution in [0.15, 0.2) is 29.6 Å². The summed E-state index contributed by atoms with van der Waals surface area (Å²) in [4.78, 5) is 16.5. The van der Waals surface area contributed by atoms with Gasteiger partial charge in [0.15, 0.2) is 0 Å². The van der Waals surface area contributed by atoms with E-state index in [0.29, 0.717) is 25.8 Å². The zero-order chi connectivity index (χ0) is 16.9. The van der Waals surface area contributed by atoms with Crippen molar-refractivity contribution >= 4 is 17.2 Å². The summed E-state index contributed by atoms with van der Waals surface area (Å²) < 4.78 is 12.8. The lowest BCUT2D eigenvalue weighted by atomic mass is 9.93. The molecule has 23 heavy (non-hydrogen) atoms. The molecule has 0 atom stereocenters. The normalized spacial score (nSPS) is 11.5. The highest BCUT2D eigenvalue weighted by Gasteiger charge is 2.17. The molecule has 0 unspecified atom stereocenters. The molecule has 0 bridgehead atoms. The van der Waals surface area contributed by atoms with Crippen molar-refractivity contribution in [3.63, 3.8) is 0 Å². The first-order valence-electron chi connectivity index (χ1n) is 7.80. The second-order valence-electron chi connectivity index (χ2n) is 6.60. The van der Waals surface area contributed by atoms with Gasteiger partial charge >= 0.3 is 0 Å². The van der Waals surface area contributed by atoms with Crippen molar-refractivity contribution < 1.29 is 9.18 Å². The molecule has 1 amide bonds. The smallest absolute Gasteiger partial charge is 0.220 e. The predicted octanol–water partition coefficient (Wildman–Crippen LogP) is 3.87. The van der Waals surface area contributed by atoms with Crippen molar-refractivity contribution in [2.24, 2.45) is 0 Å². The Kier molecular flexibility index (Phi) is 5.88. The van der Waals surface area contributed by atoms with Gasteiger partial charge in [0.25, 0.3) is 0 Å². The number of benzene rings is 1. The van der Waals surface area contributed by atoms with Crippen LogP contribution in [0.25, 0.3) is 0 Å². The lowest BCUT2D eigenvalue weighted by Gasteiger charge is -2.14. The molecular formula is C18H23FN2OS. The van der Waals surface area contributed by atoms with E-state index in [0.717, 1.165) is 16.3 Å². The third-order valence-electron chi connectivity index (χ3n) is 3.54. The van der Waals surface area contributed by atoms with Gasteiger partial charge in [-0.2, -0.15) is 0 Å². The zero-order valence-corrected chi connectivity index (χ0v) is 14.7. The van der Waals surface area contributed by atoms with Crippen LogP contribution in [0.3, 0.4) is 0 Å². The number of thiazole rings is 1. The van der Waals surface area contributed by atoms with Gasteiger partial charge < -0.3 is 5.32 Å². The van der Waals surface area contributed by atoms with Crippen molar-refractivity contribution in [2.45, 2.75) is 45.4 Å². The summed E-state index contributed by atoms with van der Waals surface area (Å²) >= 11 is 1.61. The number of carbonyl (C=O) groups is 1. The molecule has 5 heteroatoms. The highest BCUT2D eigenvalue weighted by molar-refractivity contribution is 7.09. The molecule has 1 aromatic carbocycles. The molecule has 1 heterocycles. The Balaban J connectivity index is 1.71. The molecule has 0 saturated heterocycles. The molecule has 0 fully saturated rings. The SMILES string of the molecule is CC(C)(C)c1csc(CCC(=O)NCCc2ccc(F)cc2)n1. The first kappa shape index (κ1) is 17.6. The number of nitrogens with one attached hydrogen (secondary N) is 1. The fourth-order valence-corrected chi connectivity index (χ4v) is 3.10. The maximum absolute atomic E-state index is 12.8. The Bertz CT molecular complexity index is 644. The number of amides is 1. The standard InChI is InChI=1S/C18H23FN2OS/c1-18(2,3)15-12-23-17(21-15)9-8-16(22)20-11-10-13-4-6-14(19)7-5-13/h4-7,12H,8-11H2,1-3H3,(H,20,22). The second kappa shape index (κ2) is 7.68. The highest BCUT2D eigenvalue weighted by atomic mass is 32.1. The molecule has 0 aliphatic rings. The minimum atomic E-state index is -0.240. The molecule has 3 nitrogen and oxygen atoms in total. The second-order valence-corrected chi connectivity index (χ2v) is 7.55. The first-order chi connectivity index (χ1) is 10.8. The maximum Gasteiger partial charge on any atom is 0.220 e. The van der Waals surface area contributed by atoms with Gasteiger partial charge in [0.05, 0.1) is 10.7 Å². The highest BCUT2D eigenvalue weighted by Crippen LogP contribution is 2.24. The van der Waals surface area contributed by atoms with E-state index in [-0.39, 0.29) is 17.1 Å². The molecule has 0 radical (unpaired) electrons. The van der Waals surface area contributed by atoms with Crippen molar-refractivity contribution in [3.8, 4) is 0 Å². The largest absolute Gasteiger partial charge is 0.356 e. The summed E-state index contributed by atoms with van der Waals surface area (Å²) in [5.74, 6) is -0.213. The summed E-state index contributed by atoms with van der Waals surface area (Å²) in [6.45, 7) is 6.96. The Morgan fingerprint density at radius 1 is 1.22 bits per heavy atom. The van der Waals surface area contributed by atoms with E-state index in [2.05, 4.69) is 36.5 Å². The average molecular weight is 334 g/mol. The number of rotatable bonds is 6. The van der Waals surface area contributed by atoms with Gasteiger partial charge in [-0.1, -0.05) is 32.9 Å². The van der Waals surface area contributed by atoms with E-state index in [9.17, 15) is 9.18 Å². The monoisotopic (exact) mass is 334 g/mol. The van der Waals surface area contributed by atoms with Crippen molar-refractivity contribution in [3.05, 3.63) is 51.7 Å². The van der Waals surface area contributed by atoms with Crippen LogP contribution in [0.2, 0.25) is 0 Å². The van der Waals surface area contributed by atoms with Gasteiger partial charge in [0, 0.05) is 30.2 Å². The van der Waals surface area contributed by atoms with Gasteiger partial charge in [-0.25, -0.2) is 9.37 Å². The molecule has 0 aliphatic heterocycles. The summed E-state index contributed by atoms with van der Waals surface area (Å²) in [6, 6.07) is 6.36. The quantitative estimate of drug-likeness (QED) is 0.871. The molecular weight excluding hydrogens is 311 g/mol. The van der Waals surface area contributed by atoms with Gasteiger partial charge in [0.1, 0.15) is 5.82 Å². The third-order valence-corrected chi connectivity index (χ3v) is 4.44. The number of hydrogen-bond acceptors (Lipinski definition) is 3. The maximum atomic E-state index is 12.8. The fraction of sp³-hybridized carbons (Fsp3) is 0.444. The van der Waals surface area contributed by atoms with E-state index < -0.39 is 0 Å². The van der Waals surface area contributed by atoms with Gasteiger partial charge in [0.2, 0.25) is 5.91 Å². The summed E-state index contributed by atoms with van der Waals surface area (Å²) in [7, 11) is 0. The Morgan fingerprint density at radius 2 is 1.91 bits per heavy atom. The number of hydrogen-bond donors (Lipinski definition) is 1. The van der Waals surface area contributed by atoms with Crippen LogP contribution in [0, 0.1) is 5.82 Å². The van der Waals surface area contributed by atoms with Crippen LogP contribution < -0.4 is 5.32 Å². The van der Waals surface area contributed by atoms with Gasteiger partial charge in [-0.15, -0.1) is 11.3 Å². The molecule has 0 saturated carbocycles. The average Bonchev–Trinajstić information content (AvgIpc) is 2.96. The minimum Gasteiger partial charge on any atom is -0.356 e. The molecule has 124 valence electrons. The fourth-order valence-electron chi connectivity index (χ4n) is 2.08. The molecule has 2 rings (SSSR count). The zero-order valence-electron chi connectivity index (χ0n) is 13.9. The van der Waals surface area contributed by atoms with Crippen LogP contribution in [-0.4, -0.2) is 17.4 Å². The van der Waals surface area contributed by atoms with Crippen LogP contribution in [-0.2, 0) is 23.1 Å². The molecule has 1 aromatic heterocycles. The third kappa shape index (κ3) is 5.75. The van der Waals surface area contributed by atoms with Crippen LogP contribution in [0.5, 0.6) is 0 Å². The van der Waals surface area contributed by atoms with Crippen molar-refractivity contribution in [2.75, 3.05) is 6.54 Å². The van der Waals surface area contributed by atoms with Crippen molar-refractivity contribution in [1.82, 2.24) is 10.3 Å². The molecule has 1 N–H and O–H groups in total. The van der Waals surface area contributed by atoms with E-state index in [1.165, 1.54) is 12.1 Å². The Morgan fingerprint density at radius 3 is 2.52 bits per heavy atom. The topological polar surface area (TPSA) is 42.0 Å². The molecule has 0 aliphatic carbocycles. The van der Waals surface area contributed by atoms with Gasteiger partial charge in [-0.05, 0) is 24.1 Å². The van der Waals surface area contributed by atoms with Crippen molar-refractivity contribution in [1.29, 1.82) is 0 Å². The van der Waals surface area contributed by atoms with E-state index >= 15 is 0 Å². The van der Waals surface area contributed by atoms with E-state index in [4.69, 9.17) is 0 Å². The Hall–Kier alpha value is -1.75. The predicted molar refractivity (Wildman–Crippen MR) is 92.2 cm³/mol. The first-order valence-corrected chi connectivity index (χ1v) is 8.68. The molecule has 0 spiro atoms. The minimum absolute atomic E-state index is 0.0274. The summed E-state index contributed by atoms with van der Waals surface area (Å²) in [5.41, 5.74) is 2.14. The lowest BCUT2D eigenvalue weighted by molar-refractivity contribution is -0.121. The number of aromatic nitrogens is 1. The number of halogens is 1. The lowest BCUT2D eigenvalue weighted by Crippen LogP contribution is -2.25. The summed E-state index contributed by atoms with van der Waals surface area (Å²) in [5, 5.41) is 5.97. The molecule has 2 aromatic rings. The van der Waals surface area contributed by atoms with Crippen LogP contribution >= 0.6 is 11.3 Å². The van der Waals surface area contributed by atoms with Crippen LogP contribution in [0.1, 0.15) is 43.5 Å². The van der Waals surface area contributed by atoms with Gasteiger partial charge in [-0.3, -0.25) is 4.79 Å². The Labute approximate surface area is 141 Å².